The zero-order valence-electron chi connectivity index (χ0n) is 24.1. The number of para-hydroxylation sites is 4. The van der Waals surface area contributed by atoms with E-state index in [1.54, 1.807) is 0 Å². The predicted octanol–water partition coefficient (Wildman–Crippen LogP) is 9.22. The van der Waals surface area contributed by atoms with Gasteiger partial charge in [-0.25, -0.2) is 0 Å². The molecule has 0 radical (unpaired) electrons. The Labute approximate surface area is 255 Å². The Hall–Kier alpha value is -1.43. The standard InChI is InChI=1S/C32H40B2Cl2O4Si/c1-19-17-23-21(9-7-11-25(23)33-37-27-13-3-4-14-28(27)38-33)31(19)41(35,36)32-20(2)18-24-22(32)10-8-12-26(24)34-39-29-15-5-6-16-30(29)40-34/h3-6,13-16,19-26,31-32H,7-12,17-18H2,1-2H3. The Balaban J connectivity index is 1.02. The van der Waals surface area contributed by atoms with Crippen LogP contribution in [0.5, 0.6) is 23.0 Å². The van der Waals surface area contributed by atoms with E-state index in [2.05, 4.69) is 13.8 Å². The van der Waals surface area contributed by atoms with Crippen molar-refractivity contribution in [3.63, 3.8) is 0 Å². The first-order valence-corrected chi connectivity index (χ1v) is 20.3. The quantitative estimate of drug-likeness (QED) is 0.256. The number of halogens is 2. The molecule has 10 atom stereocenters. The van der Waals surface area contributed by atoms with Crippen LogP contribution in [0.15, 0.2) is 48.5 Å². The maximum absolute atomic E-state index is 7.92. The lowest BCUT2D eigenvalue weighted by atomic mass is 9.57. The van der Waals surface area contributed by atoms with E-state index in [1.165, 1.54) is 38.5 Å². The Kier molecular flexibility index (Phi) is 6.84. The molecule has 4 fully saturated rings. The van der Waals surface area contributed by atoms with E-state index in [0.29, 0.717) is 58.2 Å². The second-order valence-electron chi connectivity index (χ2n) is 14.1. The Morgan fingerprint density at radius 3 is 1.32 bits per heavy atom. The van der Waals surface area contributed by atoms with Gasteiger partial charge in [-0.2, -0.15) is 0 Å². The summed E-state index contributed by atoms with van der Waals surface area (Å²) in [5.41, 5.74) is 0.856. The minimum absolute atomic E-state index is 0.183. The molecule has 216 valence electrons. The topological polar surface area (TPSA) is 36.9 Å². The van der Waals surface area contributed by atoms with Gasteiger partial charge < -0.3 is 18.6 Å². The first-order valence-electron chi connectivity index (χ1n) is 16.1. The summed E-state index contributed by atoms with van der Waals surface area (Å²) >= 11 is 15.8. The summed E-state index contributed by atoms with van der Waals surface area (Å²) in [7, 11) is -0.366. The van der Waals surface area contributed by atoms with Gasteiger partial charge in [-0.3, -0.25) is 0 Å². The molecule has 4 aliphatic carbocycles. The molecule has 0 N–H and O–H groups in total. The van der Waals surface area contributed by atoms with Crippen LogP contribution in [0.4, 0.5) is 0 Å². The van der Waals surface area contributed by atoms with Gasteiger partial charge in [0.1, 0.15) is 23.0 Å². The molecule has 0 amide bonds. The molecule has 8 rings (SSSR count). The second kappa shape index (κ2) is 10.3. The molecule has 2 aromatic carbocycles. The van der Waals surface area contributed by atoms with E-state index in [-0.39, 0.29) is 14.2 Å². The van der Waals surface area contributed by atoms with Crippen molar-refractivity contribution < 1.29 is 18.6 Å². The van der Waals surface area contributed by atoms with Crippen LogP contribution in [-0.4, -0.2) is 20.9 Å². The maximum atomic E-state index is 7.92. The van der Waals surface area contributed by atoms with Crippen molar-refractivity contribution in [3.8, 4) is 23.0 Å². The minimum atomic E-state index is -2.66. The summed E-state index contributed by atoms with van der Waals surface area (Å²) in [6.07, 6.45) is 9.59. The smallest absolute Gasteiger partial charge is 0.523 e. The molecule has 10 unspecified atom stereocenters. The van der Waals surface area contributed by atoms with E-state index in [1.807, 2.05) is 48.5 Å². The van der Waals surface area contributed by atoms with Gasteiger partial charge in [0.2, 0.25) is 0 Å². The van der Waals surface area contributed by atoms with Gasteiger partial charge in [0, 0.05) is 11.6 Å². The zero-order valence-corrected chi connectivity index (χ0v) is 26.6. The first-order chi connectivity index (χ1) is 19.9. The molecule has 2 aromatic rings. The van der Waals surface area contributed by atoms with Crippen LogP contribution in [0.2, 0.25) is 22.7 Å². The third-order valence-corrected chi connectivity index (χ3v) is 18.8. The molecule has 41 heavy (non-hydrogen) atoms. The largest absolute Gasteiger partial charge is 0.598 e. The van der Waals surface area contributed by atoms with Gasteiger partial charge in [-0.15, -0.1) is 22.2 Å². The molecule has 4 nitrogen and oxygen atoms in total. The van der Waals surface area contributed by atoms with Gasteiger partial charge in [0.25, 0.3) is 6.69 Å². The lowest BCUT2D eigenvalue weighted by Gasteiger charge is -2.45. The van der Waals surface area contributed by atoms with Crippen molar-refractivity contribution in [3.05, 3.63) is 48.5 Å². The van der Waals surface area contributed by atoms with E-state index < -0.39 is 6.69 Å². The van der Waals surface area contributed by atoms with E-state index in [9.17, 15) is 0 Å². The third-order valence-electron chi connectivity index (χ3n) is 12.0. The molecular formula is C32H40B2Cl2O4Si. The van der Waals surface area contributed by atoms with E-state index in [0.717, 1.165) is 35.8 Å². The lowest BCUT2D eigenvalue weighted by Crippen LogP contribution is -2.45. The normalized spacial score (nSPS) is 39.1. The van der Waals surface area contributed by atoms with Gasteiger partial charge >= 0.3 is 14.2 Å². The van der Waals surface area contributed by atoms with Crippen molar-refractivity contribution in [2.75, 3.05) is 0 Å². The Bertz CT molecular complexity index is 1150. The van der Waals surface area contributed by atoms with Gasteiger partial charge in [0.05, 0.1) is 0 Å². The minimum Gasteiger partial charge on any atom is -0.523 e. The van der Waals surface area contributed by atoms with Crippen LogP contribution in [0.25, 0.3) is 0 Å². The summed E-state index contributed by atoms with van der Waals surface area (Å²) in [6, 6.07) is 16.2. The molecule has 0 spiro atoms. The van der Waals surface area contributed by atoms with Crippen LogP contribution < -0.4 is 18.6 Å². The third kappa shape index (κ3) is 4.38. The lowest BCUT2D eigenvalue weighted by molar-refractivity contribution is 0.242. The summed E-state index contributed by atoms with van der Waals surface area (Å²) in [4.78, 5) is 0. The van der Waals surface area contributed by atoms with Crippen molar-refractivity contribution in [1.29, 1.82) is 0 Å². The van der Waals surface area contributed by atoms with Crippen molar-refractivity contribution in [2.45, 2.75) is 87.9 Å². The number of benzene rings is 2. The van der Waals surface area contributed by atoms with Crippen LogP contribution in [-0.2, 0) is 0 Å². The monoisotopic (exact) mass is 608 g/mol. The van der Waals surface area contributed by atoms with Crippen LogP contribution in [0.3, 0.4) is 0 Å². The van der Waals surface area contributed by atoms with Crippen LogP contribution in [0, 0.1) is 35.5 Å². The molecule has 2 heterocycles. The molecule has 6 aliphatic rings. The zero-order chi connectivity index (χ0) is 27.9. The Morgan fingerprint density at radius 2 is 0.951 bits per heavy atom. The highest BCUT2D eigenvalue weighted by molar-refractivity contribution is 7.46. The highest BCUT2D eigenvalue weighted by Crippen LogP contribution is 2.69. The first kappa shape index (κ1) is 27.1. The van der Waals surface area contributed by atoms with Crippen LogP contribution >= 0.6 is 22.2 Å². The number of hydrogen-bond acceptors (Lipinski definition) is 4. The van der Waals surface area contributed by atoms with E-state index in [4.69, 9.17) is 40.8 Å². The molecule has 0 aromatic heterocycles. The molecule has 2 aliphatic heterocycles. The fourth-order valence-electron chi connectivity index (χ4n) is 10.7. The van der Waals surface area contributed by atoms with Gasteiger partial charge in [-0.05, 0) is 96.5 Å². The molecule has 0 bridgehead atoms. The maximum Gasteiger partial charge on any atom is 0.598 e. The summed E-state index contributed by atoms with van der Waals surface area (Å²) < 4.78 is 25.5. The number of hydrogen-bond donors (Lipinski definition) is 0. The van der Waals surface area contributed by atoms with Crippen LogP contribution in [0.1, 0.15) is 65.2 Å². The number of rotatable bonds is 4. The molecule has 0 saturated heterocycles. The van der Waals surface area contributed by atoms with Crippen molar-refractivity contribution in [2.24, 2.45) is 35.5 Å². The highest BCUT2D eigenvalue weighted by Gasteiger charge is 2.65. The SMILES string of the molecule is CC1CC2C(B3Oc4ccccc4O3)CCCC2C1[Si](Cl)(Cl)C1C(C)CC2C(B3Oc4ccccc4O3)CCCC21. The summed E-state index contributed by atoms with van der Waals surface area (Å²) in [5.74, 6) is 7.70. The van der Waals surface area contributed by atoms with E-state index >= 15 is 0 Å². The average Bonchev–Trinajstić information content (AvgIpc) is 3.73. The fourth-order valence-corrected chi connectivity index (χ4v) is 19.4. The van der Waals surface area contributed by atoms with Crippen molar-refractivity contribution >= 4 is 43.1 Å². The molecule has 4 saturated carbocycles. The molecular weight excluding hydrogens is 569 g/mol. The number of fused-ring (bicyclic) bond motifs is 4. The van der Waals surface area contributed by atoms with Gasteiger partial charge in [-0.1, -0.05) is 63.8 Å². The highest BCUT2D eigenvalue weighted by atomic mass is 35.7. The Morgan fingerprint density at radius 1 is 0.585 bits per heavy atom. The fraction of sp³-hybridized carbons (Fsp3) is 0.625. The molecule has 9 heteroatoms. The van der Waals surface area contributed by atoms with Crippen molar-refractivity contribution in [1.82, 2.24) is 0 Å². The summed E-state index contributed by atoms with van der Waals surface area (Å²) in [5, 5.41) is 0. The average molecular weight is 609 g/mol. The second-order valence-corrected chi connectivity index (χ2v) is 21.1. The predicted molar refractivity (Wildman–Crippen MR) is 169 cm³/mol. The van der Waals surface area contributed by atoms with Gasteiger partial charge in [0.15, 0.2) is 0 Å². The summed E-state index contributed by atoms with van der Waals surface area (Å²) in [6.45, 7) is 2.22.